The Bertz CT molecular complexity index is 481. The predicted molar refractivity (Wildman–Crippen MR) is 48.3 cm³/mol. The second kappa shape index (κ2) is 3.14. The molecule has 0 aliphatic rings. The normalized spacial score (nSPS) is 9.64. The average Bonchev–Trinajstić information content (AvgIpc) is 2.70. The van der Waals surface area contributed by atoms with Crippen molar-refractivity contribution in [2.45, 2.75) is 0 Å². The van der Waals surface area contributed by atoms with Crippen LogP contribution in [0.1, 0.15) is 5.56 Å². The first kappa shape index (κ1) is 8.19. The van der Waals surface area contributed by atoms with Gasteiger partial charge in [-0.25, -0.2) is 9.97 Å². The molecule has 0 atom stereocenters. The van der Waals surface area contributed by atoms with Gasteiger partial charge in [-0.15, -0.1) is 0 Å². The number of imidazole rings is 1. The maximum atomic E-state index is 8.61. The van der Waals surface area contributed by atoms with E-state index in [1.807, 2.05) is 6.07 Å². The fraction of sp³-hybridized carbons (Fsp3) is 0. The number of aromatic nitrogens is 4. The Morgan fingerprint density at radius 1 is 1.50 bits per heavy atom. The number of anilines is 1. The third-order valence-corrected chi connectivity index (χ3v) is 1.66. The predicted octanol–water partition coefficient (Wildman–Crippen LogP) is 0.116. The topological polar surface area (TPSA) is 93.4 Å². The van der Waals surface area contributed by atoms with Crippen LogP contribution in [0.25, 0.3) is 5.95 Å². The second-order valence-corrected chi connectivity index (χ2v) is 2.55. The van der Waals surface area contributed by atoms with E-state index >= 15 is 0 Å². The third kappa shape index (κ3) is 1.27. The molecular weight excluding hydrogens is 180 g/mol. The third-order valence-electron chi connectivity index (χ3n) is 1.66. The Morgan fingerprint density at radius 3 is 2.93 bits per heavy atom. The largest absolute Gasteiger partial charge is 0.382 e. The van der Waals surface area contributed by atoms with Crippen LogP contribution in [-0.2, 0) is 0 Å². The number of nitriles is 1. The highest BCUT2D eigenvalue weighted by Crippen LogP contribution is 2.07. The lowest BCUT2D eigenvalue weighted by Crippen LogP contribution is -2.03. The van der Waals surface area contributed by atoms with Crippen molar-refractivity contribution in [1.29, 1.82) is 5.26 Å². The molecule has 2 heterocycles. The first-order valence-corrected chi connectivity index (χ1v) is 3.82. The summed E-state index contributed by atoms with van der Waals surface area (Å²) in [5.41, 5.74) is 5.80. The van der Waals surface area contributed by atoms with Crippen molar-refractivity contribution in [2.75, 3.05) is 5.73 Å². The fourth-order valence-electron chi connectivity index (χ4n) is 0.973. The first-order valence-electron chi connectivity index (χ1n) is 3.82. The van der Waals surface area contributed by atoms with Crippen LogP contribution in [0.15, 0.2) is 24.9 Å². The second-order valence-electron chi connectivity index (χ2n) is 2.55. The summed E-state index contributed by atoms with van der Waals surface area (Å²) in [6.45, 7) is 0. The van der Waals surface area contributed by atoms with E-state index in [0.29, 0.717) is 5.95 Å². The Hall–Kier alpha value is -2.42. The van der Waals surface area contributed by atoms with E-state index in [-0.39, 0.29) is 11.4 Å². The molecule has 0 saturated carbocycles. The van der Waals surface area contributed by atoms with Crippen molar-refractivity contribution in [3.8, 4) is 12.0 Å². The summed E-state index contributed by atoms with van der Waals surface area (Å²) in [4.78, 5) is 11.8. The number of nitrogens with zero attached hydrogens (tertiary/aromatic N) is 5. The highest BCUT2D eigenvalue weighted by atomic mass is 15.2. The van der Waals surface area contributed by atoms with Crippen molar-refractivity contribution in [3.05, 3.63) is 30.5 Å². The van der Waals surface area contributed by atoms with Gasteiger partial charge in [-0.05, 0) is 0 Å². The van der Waals surface area contributed by atoms with Crippen molar-refractivity contribution in [2.24, 2.45) is 0 Å². The number of nitrogens with two attached hydrogens (primary N) is 1. The maximum absolute atomic E-state index is 8.61. The minimum absolute atomic E-state index is 0.172. The molecule has 0 spiro atoms. The zero-order chi connectivity index (χ0) is 9.97. The summed E-state index contributed by atoms with van der Waals surface area (Å²) in [7, 11) is 0. The van der Waals surface area contributed by atoms with Gasteiger partial charge in [0, 0.05) is 12.4 Å². The van der Waals surface area contributed by atoms with Crippen LogP contribution in [0.2, 0.25) is 0 Å². The van der Waals surface area contributed by atoms with E-state index in [9.17, 15) is 0 Å². The molecule has 0 fully saturated rings. The van der Waals surface area contributed by atoms with Crippen molar-refractivity contribution in [3.63, 3.8) is 0 Å². The molecule has 0 saturated heterocycles. The van der Waals surface area contributed by atoms with Gasteiger partial charge in [0.25, 0.3) is 0 Å². The van der Waals surface area contributed by atoms with Crippen LogP contribution in [0.3, 0.4) is 0 Å². The van der Waals surface area contributed by atoms with Crippen LogP contribution in [-0.4, -0.2) is 19.5 Å². The van der Waals surface area contributed by atoms with Crippen LogP contribution < -0.4 is 5.73 Å². The standard InChI is InChI=1S/C8H6N6/c9-3-6-4-12-8(13-7(6)10)14-2-1-11-5-14/h1-2,4-5H,(H2,10,12,13). The van der Waals surface area contributed by atoms with Gasteiger partial charge in [-0.2, -0.15) is 10.2 Å². The maximum Gasteiger partial charge on any atom is 0.236 e. The quantitative estimate of drug-likeness (QED) is 0.682. The molecule has 2 aromatic rings. The van der Waals surface area contributed by atoms with Crippen LogP contribution in [0, 0.1) is 11.3 Å². The molecule has 6 heteroatoms. The van der Waals surface area contributed by atoms with Crippen LogP contribution in [0.4, 0.5) is 5.82 Å². The number of hydrogen-bond donors (Lipinski definition) is 1. The molecule has 6 nitrogen and oxygen atoms in total. The molecule has 14 heavy (non-hydrogen) atoms. The van der Waals surface area contributed by atoms with Crippen molar-refractivity contribution < 1.29 is 0 Å². The lowest BCUT2D eigenvalue weighted by molar-refractivity contribution is 0.927. The number of rotatable bonds is 1. The fourth-order valence-corrected chi connectivity index (χ4v) is 0.973. The molecule has 0 unspecified atom stereocenters. The van der Waals surface area contributed by atoms with E-state index in [1.54, 1.807) is 23.3 Å². The van der Waals surface area contributed by atoms with Gasteiger partial charge in [-0.1, -0.05) is 0 Å². The van der Waals surface area contributed by atoms with Gasteiger partial charge >= 0.3 is 0 Å². The molecule has 2 rings (SSSR count). The molecule has 0 amide bonds. The average molecular weight is 186 g/mol. The number of hydrogen-bond acceptors (Lipinski definition) is 5. The summed E-state index contributed by atoms with van der Waals surface area (Å²) >= 11 is 0. The number of nitrogen functional groups attached to an aromatic ring is 1. The SMILES string of the molecule is N#Cc1cnc(-n2ccnc2)nc1N. The highest BCUT2D eigenvalue weighted by Gasteiger charge is 2.03. The Balaban J connectivity index is 2.49. The van der Waals surface area contributed by atoms with Crippen molar-refractivity contribution in [1.82, 2.24) is 19.5 Å². The van der Waals surface area contributed by atoms with Crippen LogP contribution >= 0.6 is 0 Å². The molecule has 2 aromatic heterocycles. The Morgan fingerprint density at radius 2 is 2.36 bits per heavy atom. The molecule has 0 radical (unpaired) electrons. The smallest absolute Gasteiger partial charge is 0.236 e. The highest BCUT2D eigenvalue weighted by molar-refractivity contribution is 5.47. The zero-order valence-corrected chi connectivity index (χ0v) is 7.12. The molecule has 2 N–H and O–H groups in total. The molecule has 68 valence electrons. The van der Waals surface area contributed by atoms with E-state index < -0.39 is 0 Å². The summed E-state index contributed by atoms with van der Waals surface area (Å²) in [5.74, 6) is 0.574. The monoisotopic (exact) mass is 186 g/mol. The minimum Gasteiger partial charge on any atom is -0.382 e. The minimum atomic E-state index is 0.172. The van der Waals surface area contributed by atoms with Crippen molar-refractivity contribution >= 4 is 5.82 Å². The molecule has 0 aliphatic carbocycles. The molecular formula is C8H6N6. The summed E-state index contributed by atoms with van der Waals surface area (Å²) < 4.78 is 1.61. The lowest BCUT2D eigenvalue weighted by Gasteiger charge is -2.00. The van der Waals surface area contributed by atoms with E-state index in [4.69, 9.17) is 11.0 Å². The van der Waals surface area contributed by atoms with E-state index in [0.717, 1.165) is 0 Å². The Labute approximate surface area is 79.7 Å². The van der Waals surface area contributed by atoms with E-state index in [2.05, 4.69) is 15.0 Å². The van der Waals surface area contributed by atoms with Gasteiger partial charge in [0.1, 0.15) is 23.8 Å². The lowest BCUT2D eigenvalue weighted by atomic mass is 10.3. The summed E-state index contributed by atoms with van der Waals surface area (Å²) in [5, 5.41) is 8.61. The van der Waals surface area contributed by atoms with Gasteiger partial charge in [-0.3, -0.25) is 4.57 Å². The molecule has 0 aliphatic heterocycles. The summed E-state index contributed by atoms with van der Waals surface area (Å²) in [6, 6.07) is 1.89. The van der Waals surface area contributed by atoms with Gasteiger partial charge in [0.05, 0.1) is 6.20 Å². The zero-order valence-electron chi connectivity index (χ0n) is 7.12. The summed E-state index contributed by atoms with van der Waals surface area (Å²) in [6.07, 6.45) is 6.25. The van der Waals surface area contributed by atoms with Gasteiger partial charge in [0.2, 0.25) is 5.95 Å². The molecule has 0 aromatic carbocycles. The van der Waals surface area contributed by atoms with Gasteiger partial charge in [0.15, 0.2) is 0 Å². The molecule has 0 bridgehead atoms. The Kier molecular flexibility index (Phi) is 1.84. The first-order chi connectivity index (χ1) is 6.81. The van der Waals surface area contributed by atoms with Gasteiger partial charge < -0.3 is 5.73 Å². The van der Waals surface area contributed by atoms with Crippen LogP contribution in [0.5, 0.6) is 0 Å². The van der Waals surface area contributed by atoms with E-state index in [1.165, 1.54) is 6.20 Å².